The van der Waals surface area contributed by atoms with Gasteiger partial charge >= 0.3 is 0 Å². The molecule has 1 radical (unpaired) electrons. The predicted molar refractivity (Wildman–Crippen MR) is 89.0 cm³/mol. The normalized spacial score (nSPS) is 16.3. The second-order valence-electron chi connectivity index (χ2n) is 5.93. The Morgan fingerprint density at radius 3 is 2.86 bits per heavy atom. The van der Waals surface area contributed by atoms with Gasteiger partial charge in [-0.15, -0.1) is 0 Å². The summed E-state index contributed by atoms with van der Waals surface area (Å²) in [5.41, 5.74) is 3.50. The van der Waals surface area contributed by atoms with Gasteiger partial charge in [0.25, 0.3) is 0 Å². The summed E-state index contributed by atoms with van der Waals surface area (Å²) in [5.74, 6) is 2.52. The third-order valence-electron chi connectivity index (χ3n) is 4.09. The molecule has 111 valence electrons. The highest BCUT2D eigenvalue weighted by Crippen LogP contribution is 2.29. The van der Waals surface area contributed by atoms with E-state index in [-0.39, 0.29) is 0 Å². The van der Waals surface area contributed by atoms with E-state index in [0.29, 0.717) is 0 Å². The molecule has 0 bridgehead atoms. The third kappa shape index (κ3) is 3.08. The molecular weight excluding hydrogens is 272 g/mol. The minimum atomic E-state index is 0.789. The number of rotatable bonds is 5. The molecule has 0 spiro atoms. The van der Waals surface area contributed by atoms with E-state index in [4.69, 9.17) is 4.74 Å². The minimum absolute atomic E-state index is 0.789. The first-order chi connectivity index (χ1) is 10.9. The Morgan fingerprint density at radius 1 is 1.18 bits per heavy atom. The molecular formula is C19H19N2O. The van der Waals surface area contributed by atoms with Crippen LogP contribution >= 0.6 is 0 Å². The number of fused-ring (bicyclic) bond motifs is 1. The zero-order chi connectivity index (χ0) is 14.8. The van der Waals surface area contributed by atoms with Gasteiger partial charge in [-0.25, -0.2) is 0 Å². The molecule has 0 unspecified atom stereocenters. The van der Waals surface area contributed by atoms with Crippen LogP contribution in [0.5, 0.6) is 5.75 Å². The summed E-state index contributed by atoms with van der Waals surface area (Å²) in [6.07, 6.45) is 5.67. The Balaban J connectivity index is 1.38. The van der Waals surface area contributed by atoms with Crippen molar-refractivity contribution in [3.63, 3.8) is 0 Å². The zero-order valence-corrected chi connectivity index (χ0v) is 12.4. The number of anilines is 2. The van der Waals surface area contributed by atoms with Gasteiger partial charge in [-0.05, 0) is 79.3 Å². The number of hydrogen-bond donors (Lipinski definition) is 2. The summed E-state index contributed by atoms with van der Waals surface area (Å²) in [6.45, 7) is 1.08. The molecule has 22 heavy (non-hydrogen) atoms. The van der Waals surface area contributed by atoms with Crippen LogP contribution < -0.4 is 15.4 Å². The van der Waals surface area contributed by atoms with Gasteiger partial charge in [0.1, 0.15) is 5.75 Å². The molecule has 2 aromatic carbocycles. The van der Waals surface area contributed by atoms with Crippen molar-refractivity contribution in [3.05, 3.63) is 66.1 Å². The van der Waals surface area contributed by atoms with Crippen molar-refractivity contribution >= 4 is 11.4 Å². The summed E-state index contributed by atoms with van der Waals surface area (Å²) in [4.78, 5) is 0. The van der Waals surface area contributed by atoms with Crippen LogP contribution in [0.2, 0.25) is 0 Å². The Labute approximate surface area is 131 Å². The van der Waals surface area contributed by atoms with Crippen molar-refractivity contribution in [2.45, 2.75) is 19.3 Å². The number of hydrogen-bond acceptors (Lipinski definition) is 3. The maximum absolute atomic E-state index is 5.92. The second kappa shape index (κ2) is 5.76. The van der Waals surface area contributed by atoms with Crippen molar-refractivity contribution in [1.82, 2.24) is 0 Å². The molecule has 1 aliphatic heterocycles. The lowest BCUT2D eigenvalue weighted by Crippen LogP contribution is -2.12. The highest BCUT2D eigenvalue weighted by molar-refractivity contribution is 5.57. The lowest BCUT2D eigenvalue weighted by Gasteiger charge is -2.19. The van der Waals surface area contributed by atoms with E-state index in [1.165, 1.54) is 18.4 Å². The Hall–Kier alpha value is -2.42. The number of benzene rings is 2. The van der Waals surface area contributed by atoms with E-state index in [0.717, 1.165) is 41.9 Å². The molecule has 2 aromatic rings. The first-order valence-corrected chi connectivity index (χ1v) is 7.85. The predicted octanol–water partition coefficient (Wildman–Crippen LogP) is 4.20. The first-order valence-electron chi connectivity index (χ1n) is 7.85. The maximum Gasteiger partial charge on any atom is 0.194 e. The summed E-state index contributed by atoms with van der Waals surface area (Å²) < 4.78 is 5.92. The molecule has 2 N–H and O–H groups in total. The van der Waals surface area contributed by atoms with Gasteiger partial charge in [-0.3, -0.25) is 0 Å². The Kier molecular flexibility index (Phi) is 3.47. The quantitative estimate of drug-likeness (QED) is 0.866. The van der Waals surface area contributed by atoms with E-state index in [1.807, 2.05) is 30.3 Å². The molecule has 2 aliphatic rings. The molecule has 0 saturated heterocycles. The van der Waals surface area contributed by atoms with E-state index in [2.05, 4.69) is 34.9 Å². The molecule has 3 nitrogen and oxygen atoms in total. The smallest absolute Gasteiger partial charge is 0.194 e. The van der Waals surface area contributed by atoms with Gasteiger partial charge < -0.3 is 15.4 Å². The second-order valence-corrected chi connectivity index (χ2v) is 5.93. The minimum Gasteiger partial charge on any atom is -0.441 e. The van der Waals surface area contributed by atoms with Gasteiger partial charge in [-0.2, -0.15) is 0 Å². The molecule has 4 rings (SSSR count). The van der Waals surface area contributed by atoms with Crippen LogP contribution in [-0.2, 0) is 6.42 Å². The van der Waals surface area contributed by atoms with Crippen LogP contribution in [-0.4, -0.2) is 6.54 Å². The summed E-state index contributed by atoms with van der Waals surface area (Å²) in [6, 6.07) is 17.2. The van der Waals surface area contributed by atoms with Crippen LogP contribution in [0.15, 0.2) is 54.4 Å². The lowest BCUT2D eigenvalue weighted by atomic mass is 10.1. The first kappa shape index (κ1) is 13.3. The Bertz CT molecular complexity index is 687. The van der Waals surface area contributed by atoms with Gasteiger partial charge in [-0.1, -0.05) is 6.07 Å². The highest BCUT2D eigenvalue weighted by Gasteiger charge is 2.20. The van der Waals surface area contributed by atoms with Crippen molar-refractivity contribution in [3.8, 4) is 5.75 Å². The van der Waals surface area contributed by atoms with Crippen molar-refractivity contribution in [2.75, 3.05) is 17.2 Å². The molecule has 0 aromatic heterocycles. The number of nitrogens with one attached hydrogen (secondary N) is 2. The van der Waals surface area contributed by atoms with Gasteiger partial charge in [0, 0.05) is 17.9 Å². The van der Waals surface area contributed by atoms with Crippen LogP contribution in [0.3, 0.4) is 0 Å². The third-order valence-corrected chi connectivity index (χ3v) is 4.09. The average Bonchev–Trinajstić information content (AvgIpc) is 3.38. The molecule has 1 heterocycles. The monoisotopic (exact) mass is 291 g/mol. The highest BCUT2D eigenvalue weighted by atomic mass is 16.5. The topological polar surface area (TPSA) is 33.3 Å². The molecule has 0 atom stereocenters. The maximum atomic E-state index is 5.92. The Morgan fingerprint density at radius 2 is 2.05 bits per heavy atom. The van der Waals surface area contributed by atoms with Crippen molar-refractivity contribution < 1.29 is 4.74 Å². The zero-order valence-electron chi connectivity index (χ0n) is 12.4. The van der Waals surface area contributed by atoms with Gasteiger partial charge in [0.15, 0.2) is 5.88 Å². The fourth-order valence-electron chi connectivity index (χ4n) is 2.56. The molecule has 1 saturated carbocycles. The summed E-state index contributed by atoms with van der Waals surface area (Å²) in [5, 5.41) is 6.77. The van der Waals surface area contributed by atoms with Crippen molar-refractivity contribution in [2.24, 2.45) is 5.92 Å². The van der Waals surface area contributed by atoms with Crippen LogP contribution in [0.1, 0.15) is 18.4 Å². The van der Waals surface area contributed by atoms with Crippen LogP contribution in [0, 0.1) is 12.0 Å². The van der Waals surface area contributed by atoms with Gasteiger partial charge in [0.05, 0.1) is 0 Å². The lowest BCUT2D eigenvalue weighted by molar-refractivity contribution is 0.428. The van der Waals surface area contributed by atoms with E-state index in [1.54, 1.807) is 0 Å². The van der Waals surface area contributed by atoms with Crippen LogP contribution in [0.25, 0.3) is 0 Å². The molecule has 0 amide bonds. The number of allylic oxidation sites excluding steroid dienone is 1. The molecule has 1 fully saturated rings. The summed E-state index contributed by atoms with van der Waals surface area (Å²) >= 11 is 0. The van der Waals surface area contributed by atoms with E-state index in [9.17, 15) is 0 Å². The SMILES string of the molecule is [c]1ccc2c(c1)CC=C(Oc1ccc(NCC3CC3)cc1)N2. The van der Waals surface area contributed by atoms with Gasteiger partial charge in [0.2, 0.25) is 0 Å². The standard InChI is InChI=1S/C19H19N2O/c1-2-4-18-15(3-1)7-12-19(21-18)22-17-10-8-16(9-11-17)20-13-14-5-6-14/h2-4,8-12,14,20-21H,5-7,13H2. The fourth-order valence-corrected chi connectivity index (χ4v) is 2.56. The average molecular weight is 291 g/mol. The summed E-state index contributed by atoms with van der Waals surface area (Å²) in [7, 11) is 0. The molecule has 1 aliphatic carbocycles. The van der Waals surface area contributed by atoms with Crippen molar-refractivity contribution in [1.29, 1.82) is 0 Å². The van der Waals surface area contributed by atoms with E-state index >= 15 is 0 Å². The number of ether oxygens (including phenoxy) is 1. The molecule has 3 heteroatoms. The fraction of sp³-hybridized carbons (Fsp3) is 0.263. The largest absolute Gasteiger partial charge is 0.441 e. The van der Waals surface area contributed by atoms with Crippen LogP contribution in [0.4, 0.5) is 11.4 Å². The van der Waals surface area contributed by atoms with E-state index < -0.39 is 0 Å².